The van der Waals surface area contributed by atoms with Crippen LogP contribution in [0.5, 0.6) is 0 Å². The van der Waals surface area contributed by atoms with Crippen molar-refractivity contribution >= 4 is 55.8 Å². The molecule has 27 heavy (non-hydrogen) atoms. The number of benzene rings is 2. The molecule has 0 aliphatic rings. The monoisotopic (exact) mass is 416 g/mol. The summed E-state index contributed by atoms with van der Waals surface area (Å²) in [5.74, 6) is 0.382. The fourth-order valence-corrected chi connectivity index (χ4v) is 4.18. The van der Waals surface area contributed by atoms with Crippen molar-refractivity contribution < 1.29 is 9.21 Å². The van der Waals surface area contributed by atoms with Gasteiger partial charge in [-0.15, -0.1) is 0 Å². The van der Waals surface area contributed by atoms with E-state index in [0.717, 1.165) is 21.3 Å². The third-order valence-corrected chi connectivity index (χ3v) is 5.74. The topological polar surface area (TPSA) is 55.1 Å². The minimum absolute atomic E-state index is 0.197. The number of hydrogen-bond donors (Lipinski definition) is 1. The molecule has 4 aromatic rings. The number of anilines is 1. The van der Waals surface area contributed by atoms with Gasteiger partial charge in [-0.1, -0.05) is 40.6 Å². The lowest BCUT2D eigenvalue weighted by Gasteiger charge is -2.00. The highest BCUT2D eigenvalue weighted by Crippen LogP contribution is 2.31. The molecule has 0 bridgehead atoms. The number of rotatable bonds is 3. The van der Waals surface area contributed by atoms with Crippen LogP contribution in [0, 0.1) is 13.8 Å². The summed E-state index contributed by atoms with van der Waals surface area (Å²) in [6, 6.07) is 12.6. The molecule has 0 saturated heterocycles. The standard InChI is InChI=1S/C20H14Cl2N2O2S/c1-10-7-11(2)18-17(8-10)27-20(23-18)24-19(25)16-6-5-15(26-16)12-3-4-13(21)14(22)9-12/h3-9H,1-2H3,(H,23,24,25). The molecule has 2 aromatic heterocycles. The van der Waals surface area contributed by atoms with E-state index >= 15 is 0 Å². The van der Waals surface area contributed by atoms with E-state index in [2.05, 4.69) is 22.4 Å². The third kappa shape index (κ3) is 3.58. The second-order valence-electron chi connectivity index (χ2n) is 6.19. The predicted octanol–water partition coefficient (Wildman–Crippen LogP) is 6.73. The molecule has 2 heterocycles. The predicted molar refractivity (Wildman–Crippen MR) is 111 cm³/mol. The molecule has 136 valence electrons. The number of thiazole rings is 1. The van der Waals surface area contributed by atoms with Gasteiger partial charge in [-0.3, -0.25) is 10.1 Å². The highest BCUT2D eigenvalue weighted by atomic mass is 35.5. The number of carbonyl (C=O) groups is 1. The maximum Gasteiger partial charge on any atom is 0.293 e. The summed E-state index contributed by atoms with van der Waals surface area (Å²) in [6.45, 7) is 4.05. The SMILES string of the molecule is Cc1cc(C)c2nc(NC(=O)c3ccc(-c4ccc(Cl)c(Cl)c4)o3)sc2c1. The molecule has 0 unspecified atom stereocenters. The third-order valence-electron chi connectivity index (χ3n) is 4.08. The van der Waals surface area contributed by atoms with Gasteiger partial charge in [0.1, 0.15) is 5.76 Å². The average Bonchev–Trinajstić information content (AvgIpc) is 3.24. The number of aryl methyl sites for hydroxylation is 2. The Morgan fingerprint density at radius 2 is 1.89 bits per heavy atom. The molecule has 4 rings (SSSR count). The fourth-order valence-electron chi connectivity index (χ4n) is 2.85. The number of furan rings is 1. The van der Waals surface area contributed by atoms with Gasteiger partial charge in [0.05, 0.1) is 20.3 Å². The molecule has 7 heteroatoms. The van der Waals surface area contributed by atoms with Gasteiger partial charge in [-0.05, 0) is 61.4 Å². The second-order valence-corrected chi connectivity index (χ2v) is 8.04. The molecule has 0 aliphatic carbocycles. The van der Waals surface area contributed by atoms with Crippen LogP contribution in [0.15, 0.2) is 46.9 Å². The lowest BCUT2D eigenvalue weighted by Crippen LogP contribution is -2.10. The molecule has 1 amide bonds. The Morgan fingerprint density at radius 1 is 1.07 bits per heavy atom. The quantitative estimate of drug-likeness (QED) is 0.402. The zero-order valence-electron chi connectivity index (χ0n) is 14.5. The van der Waals surface area contributed by atoms with Crippen molar-refractivity contribution in [2.75, 3.05) is 5.32 Å². The summed E-state index contributed by atoms with van der Waals surface area (Å²) in [6.07, 6.45) is 0. The van der Waals surface area contributed by atoms with Gasteiger partial charge >= 0.3 is 0 Å². The fraction of sp³-hybridized carbons (Fsp3) is 0.100. The largest absolute Gasteiger partial charge is 0.451 e. The van der Waals surface area contributed by atoms with Gasteiger partial charge in [-0.2, -0.15) is 0 Å². The van der Waals surface area contributed by atoms with Crippen LogP contribution < -0.4 is 5.32 Å². The Morgan fingerprint density at radius 3 is 2.67 bits per heavy atom. The number of halogens is 2. The molecule has 2 aromatic carbocycles. The molecule has 0 fully saturated rings. The van der Waals surface area contributed by atoms with E-state index in [1.807, 2.05) is 13.8 Å². The minimum atomic E-state index is -0.352. The maximum atomic E-state index is 12.5. The van der Waals surface area contributed by atoms with E-state index in [-0.39, 0.29) is 11.7 Å². The summed E-state index contributed by atoms with van der Waals surface area (Å²) in [4.78, 5) is 17.0. The molecule has 4 nitrogen and oxygen atoms in total. The lowest BCUT2D eigenvalue weighted by atomic mass is 10.1. The highest BCUT2D eigenvalue weighted by Gasteiger charge is 2.16. The number of aromatic nitrogens is 1. The first kappa shape index (κ1) is 18.0. The number of carbonyl (C=O) groups excluding carboxylic acids is 1. The molecule has 1 N–H and O–H groups in total. The number of amides is 1. The Bertz CT molecular complexity index is 1180. The summed E-state index contributed by atoms with van der Waals surface area (Å²) in [5, 5.41) is 4.24. The Balaban J connectivity index is 1.58. The van der Waals surface area contributed by atoms with Gasteiger partial charge in [-0.25, -0.2) is 4.98 Å². The molecular weight excluding hydrogens is 403 g/mol. The summed E-state index contributed by atoms with van der Waals surface area (Å²) in [7, 11) is 0. The van der Waals surface area contributed by atoms with E-state index in [1.165, 1.54) is 16.9 Å². The first-order valence-corrected chi connectivity index (χ1v) is 9.72. The molecule has 0 atom stereocenters. The van der Waals surface area contributed by atoms with Crippen LogP contribution in [0.2, 0.25) is 10.0 Å². The highest BCUT2D eigenvalue weighted by molar-refractivity contribution is 7.22. The van der Waals surface area contributed by atoms with E-state index in [9.17, 15) is 4.79 Å². The van der Waals surface area contributed by atoms with Crippen LogP contribution in [-0.4, -0.2) is 10.9 Å². The van der Waals surface area contributed by atoms with E-state index in [4.69, 9.17) is 27.6 Å². The van der Waals surface area contributed by atoms with Gasteiger partial charge in [0, 0.05) is 5.56 Å². The number of fused-ring (bicyclic) bond motifs is 1. The van der Waals surface area contributed by atoms with Crippen molar-refractivity contribution in [2.24, 2.45) is 0 Å². The normalized spacial score (nSPS) is 11.1. The summed E-state index contributed by atoms with van der Waals surface area (Å²) >= 11 is 13.4. The summed E-state index contributed by atoms with van der Waals surface area (Å²) < 4.78 is 6.72. The van der Waals surface area contributed by atoms with Crippen molar-refractivity contribution in [3.05, 3.63) is 69.4 Å². The van der Waals surface area contributed by atoms with E-state index < -0.39 is 0 Å². The first-order chi connectivity index (χ1) is 12.9. The van der Waals surface area contributed by atoms with Gasteiger partial charge in [0.2, 0.25) is 0 Å². The van der Waals surface area contributed by atoms with Gasteiger partial charge in [0.25, 0.3) is 5.91 Å². The zero-order chi connectivity index (χ0) is 19.1. The van der Waals surface area contributed by atoms with Crippen LogP contribution in [0.4, 0.5) is 5.13 Å². The summed E-state index contributed by atoms with van der Waals surface area (Å²) in [5.41, 5.74) is 3.90. The Hall–Kier alpha value is -2.34. The molecule has 0 spiro atoms. The van der Waals surface area contributed by atoms with Crippen molar-refractivity contribution in [3.8, 4) is 11.3 Å². The minimum Gasteiger partial charge on any atom is -0.451 e. The van der Waals surface area contributed by atoms with Gasteiger partial charge < -0.3 is 4.42 Å². The van der Waals surface area contributed by atoms with Crippen LogP contribution in [0.1, 0.15) is 21.7 Å². The Labute approximate surface area is 169 Å². The molecule has 0 aliphatic heterocycles. The maximum absolute atomic E-state index is 12.5. The number of nitrogens with one attached hydrogen (secondary N) is 1. The lowest BCUT2D eigenvalue weighted by molar-refractivity contribution is 0.0997. The van der Waals surface area contributed by atoms with Crippen molar-refractivity contribution in [2.45, 2.75) is 13.8 Å². The zero-order valence-corrected chi connectivity index (χ0v) is 16.8. The van der Waals surface area contributed by atoms with Crippen molar-refractivity contribution in [1.29, 1.82) is 0 Å². The van der Waals surface area contributed by atoms with Crippen molar-refractivity contribution in [3.63, 3.8) is 0 Å². The van der Waals surface area contributed by atoms with Crippen LogP contribution in [0.3, 0.4) is 0 Å². The number of nitrogens with zero attached hydrogens (tertiary/aromatic N) is 1. The van der Waals surface area contributed by atoms with E-state index in [1.54, 1.807) is 30.3 Å². The van der Waals surface area contributed by atoms with Crippen LogP contribution in [-0.2, 0) is 0 Å². The Kier molecular flexibility index (Phi) is 4.68. The molecule has 0 radical (unpaired) electrons. The second kappa shape index (κ2) is 7.00. The molecular formula is C20H14Cl2N2O2S. The van der Waals surface area contributed by atoms with Crippen LogP contribution in [0.25, 0.3) is 21.5 Å². The van der Waals surface area contributed by atoms with Gasteiger partial charge in [0.15, 0.2) is 10.9 Å². The average molecular weight is 417 g/mol. The van der Waals surface area contributed by atoms with Crippen LogP contribution >= 0.6 is 34.5 Å². The smallest absolute Gasteiger partial charge is 0.293 e. The first-order valence-electron chi connectivity index (χ1n) is 8.15. The van der Waals surface area contributed by atoms with E-state index in [0.29, 0.717) is 20.9 Å². The van der Waals surface area contributed by atoms with Crippen molar-refractivity contribution in [1.82, 2.24) is 4.98 Å². The number of hydrogen-bond acceptors (Lipinski definition) is 4. The molecule has 0 saturated carbocycles.